The first-order valence-electron chi connectivity index (χ1n) is 5.43. The van der Waals surface area contributed by atoms with Gasteiger partial charge >= 0.3 is 10.2 Å². The highest BCUT2D eigenvalue weighted by Crippen LogP contribution is 2.15. The summed E-state index contributed by atoms with van der Waals surface area (Å²) in [6.45, 7) is -1.41. The molecule has 0 radical (unpaired) electrons. The minimum atomic E-state index is -4.06. The molecule has 0 fully saturated rings. The average Bonchev–Trinajstić information content (AvgIpc) is 2.36. The molecular weight excluding hydrogens is 280 g/mol. The molecular formula is C9H16N2O7S. The lowest BCUT2D eigenvalue weighted by Crippen LogP contribution is -2.48. The van der Waals surface area contributed by atoms with Crippen LogP contribution in [0.5, 0.6) is 0 Å². The third kappa shape index (κ3) is 4.14. The second kappa shape index (κ2) is 7.40. The van der Waals surface area contributed by atoms with Gasteiger partial charge in [-0.25, -0.2) is 4.31 Å². The molecule has 110 valence electrons. The van der Waals surface area contributed by atoms with Gasteiger partial charge in [-0.1, -0.05) is 0 Å². The van der Waals surface area contributed by atoms with Crippen LogP contribution in [0.2, 0.25) is 0 Å². The Balaban J connectivity index is 2.71. The number of aliphatic hydroxyl groups is 2. The van der Waals surface area contributed by atoms with Crippen molar-refractivity contribution >= 4 is 16.1 Å². The third-order valence-corrected chi connectivity index (χ3v) is 3.76. The summed E-state index contributed by atoms with van der Waals surface area (Å²) in [6, 6.07) is 0. The molecule has 0 spiro atoms. The molecule has 0 aromatic rings. The summed E-state index contributed by atoms with van der Waals surface area (Å²) < 4.78 is 35.1. The lowest BCUT2D eigenvalue weighted by atomic mass is 10.5. The Bertz CT molecular complexity index is 422. The van der Waals surface area contributed by atoms with Gasteiger partial charge in [0.1, 0.15) is 13.5 Å². The molecule has 10 heteroatoms. The van der Waals surface area contributed by atoms with E-state index in [4.69, 9.17) is 19.7 Å². The fourth-order valence-corrected chi connectivity index (χ4v) is 2.39. The van der Waals surface area contributed by atoms with Crippen molar-refractivity contribution in [1.29, 1.82) is 0 Å². The second-order valence-electron chi connectivity index (χ2n) is 3.42. The Morgan fingerprint density at radius 2 is 1.68 bits per heavy atom. The van der Waals surface area contributed by atoms with Crippen molar-refractivity contribution in [3.63, 3.8) is 0 Å². The Hall–Kier alpha value is -1.20. The number of aliphatic hydroxyl groups excluding tert-OH is 2. The lowest BCUT2D eigenvalue weighted by Gasteiger charge is -2.30. The number of ether oxygens (including phenoxy) is 2. The summed E-state index contributed by atoms with van der Waals surface area (Å²) in [7, 11) is -4.06. The summed E-state index contributed by atoms with van der Waals surface area (Å²) in [5.41, 5.74) is 0. The molecule has 0 aliphatic carbocycles. The van der Waals surface area contributed by atoms with Crippen molar-refractivity contribution in [2.45, 2.75) is 0 Å². The first kappa shape index (κ1) is 15.9. The van der Waals surface area contributed by atoms with E-state index >= 15 is 0 Å². The van der Waals surface area contributed by atoms with E-state index < -0.39 is 22.8 Å². The molecule has 1 heterocycles. The summed E-state index contributed by atoms with van der Waals surface area (Å²) in [5, 5.41) is 17.1. The van der Waals surface area contributed by atoms with Gasteiger partial charge in [-0.3, -0.25) is 4.79 Å². The SMILES string of the molecule is O=C1C=CN(COCCO)S(=O)(=O)N1COCCO. The molecule has 2 N–H and O–H groups in total. The van der Waals surface area contributed by atoms with Gasteiger partial charge in [-0.15, -0.1) is 0 Å². The fourth-order valence-electron chi connectivity index (χ4n) is 1.22. The van der Waals surface area contributed by atoms with Crippen LogP contribution in [0, 0.1) is 0 Å². The normalized spacial score (nSPS) is 18.1. The van der Waals surface area contributed by atoms with Crippen LogP contribution in [-0.2, 0) is 24.5 Å². The molecule has 0 saturated heterocycles. The summed E-state index contributed by atoms with van der Waals surface area (Å²) in [5.74, 6) is -0.739. The van der Waals surface area contributed by atoms with Gasteiger partial charge in [0.15, 0.2) is 0 Å². The zero-order valence-corrected chi connectivity index (χ0v) is 11.0. The van der Waals surface area contributed by atoms with Crippen LogP contribution in [0.1, 0.15) is 0 Å². The maximum Gasteiger partial charge on any atom is 0.332 e. The average molecular weight is 296 g/mol. The third-order valence-electron chi connectivity index (χ3n) is 2.10. The quantitative estimate of drug-likeness (QED) is 0.489. The maximum atomic E-state index is 12.0. The largest absolute Gasteiger partial charge is 0.394 e. The minimum Gasteiger partial charge on any atom is -0.394 e. The van der Waals surface area contributed by atoms with Crippen molar-refractivity contribution in [1.82, 2.24) is 8.61 Å². The van der Waals surface area contributed by atoms with Crippen molar-refractivity contribution in [2.75, 3.05) is 39.9 Å². The van der Waals surface area contributed by atoms with Crippen LogP contribution in [0.4, 0.5) is 0 Å². The second-order valence-corrected chi connectivity index (χ2v) is 5.22. The van der Waals surface area contributed by atoms with Crippen molar-refractivity contribution in [2.24, 2.45) is 0 Å². The number of nitrogens with zero attached hydrogens (tertiary/aromatic N) is 2. The molecule has 19 heavy (non-hydrogen) atoms. The number of rotatable bonds is 8. The minimum absolute atomic E-state index is 0.0190. The van der Waals surface area contributed by atoms with Crippen LogP contribution < -0.4 is 0 Å². The highest BCUT2D eigenvalue weighted by molar-refractivity contribution is 7.87. The van der Waals surface area contributed by atoms with E-state index in [0.717, 1.165) is 16.6 Å². The van der Waals surface area contributed by atoms with Crippen molar-refractivity contribution in [3.05, 3.63) is 12.3 Å². The highest BCUT2D eigenvalue weighted by atomic mass is 32.2. The number of hydrogen-bond donors (Lipinski definition) is 2. The van der Waals surface area contributed by atoms with Gasteiger partial charge in [0.2, 0.25) is 0 Å². The van der Waals surface area contributed by atoms with Gasteiger partial charge in [0, 0.05) is 12.3 Å². The van der Waals surface area contributed by atoms with Crippen LogP contribution in [0.25, 0.3) is 0 Å². The van der Waals surface area contributed by atoms with Crippen molar-refractivity contribution < 1.29 is 32.9 Å². The zero-order chi connectivity index (χ0) is 14.3. The molecule has 1 rings (SSSR count). The molecule has 0 bridgehead atoms. The van der Waals surface area contributed by atoms with Crippen LogP contribution >= 0.6 is 0 Å². The number of amides is 1. The van der Waals surface area contributed by atoms with Gasteiger partial charge < -0.3 is 19.7 Å². The molecule has 0 saturated carbocycles. The van der Waals surface area contributed by atoms with Crippen LogP contribution in [-0.4, -0.2) is 73.0 Å². The Morgan fingerprint density at radius 1 is 1.11 bits per heavy atom. The van der Waals surface area contributed by atoms with Gasteiger partial charge in [-0.05, 0) is 0 Å². The predicted octanol–water partition coefficient (Wildman–Crippen LogP) is -2.18. The fraction of sp³-hybridized carbons (Fsp3) is 0.667. The standard InChI is InChI=1S/C9H16N2O7S/c12-3-5-17-7-10-2-1-9(14)11(19(10,15)16)8-18-6-4-13/h1-2,12-13H,3-8H2. The maximum absolute atomic E-state index is 12.0. The predicted molar refractivity (Wildman–Crippen MR) is 62.6 cm³/mol. The highest BCUT2D eigenvalue weighted by Gasteiger charge is 2.34. The molecule has 1 aliphatic heterocycles. The zero-order valence-electron chi connectivity index (χ0n) is 10.1. The summed E-state index contributed by atoms with van der Waals surface area (Å²) in [6.07, 6.45) is 2.14. The van der Waals surface area contributed by atoms with Crippen molar-refractivity contribution in [3.8, 4) is 0 Å². The topological polar surface area (TPSA) is 117 Å². The van der Waals surface area contributed by atoms with Crippen LogP contribution in [0.15, 0.2) is 12.3 Å². The molecule has 0 aromatic carbocycles. The molecule has 1 amide bonds. The monoisotopic (exact) mass is 296 g/mol. The summed E-state index contributed by atoms with van der Waals surface area (Å²) >= 11 is 0. The van der Waals surface area contributed by atoms with E-state index in [2.05, 4.69) is 0 Å². The van der Waals surface area contributed by atoms with Gasteiger partial charge in [-0.2, -0.15) is 12.7 Å². The number of carbonyl (C=O) groups is 1. The van der Waals surface area contributed by atoms with E-state index in [-0.39, 0.29) is 33.2 Å². The lowest BCUT2D eigenvalue weighted by molar-refractivity contribution is -0.126. The van der Waals surface area contributed by atoms with E-state index in [1.165, 1.54) is 0 Å². The first-order valence-corrected chi connectivity index (χ1v) is 6.82. The first-order chi connectivity index (χ1) is 9.04. The molecule has 0 atom stereocenters. The van der Waals surface area contributed by atoms with Crippen LogP contribution in [0.3, 0.4) is 0 Å². The van der Waals surface area contributed by atoms with Gasteiger partial charge in [0.05, 0.1) is 26.4 Å². The van der Waals surface area contributed by atoms with E-state index in [9.17, 15) is 13.2 Å². The summed E-state index contributed by atoms with van der Waals surface area (Å²) in [4.78, 5) is 11.5. The molecule has 1 aliphatic rings. The Morgan fingerprint density at radius 3 is 2.26 bits per heavy atom. The van der Waals surface area contributed by atoms with E-state index in [1.807, 2.05) is 0 Å². The Labute approximate surface area is 110 Å². The van der Waals surface area contributed by atoms with E-state index in [0.29, 0.717) is 4.31 Å². The molecule has 0 unspecified atom stereocenters. The van der Waals surface area contributed by atoms with E-state index in [1.54, 1.807) is 0 Å². The number of hydrogen-bond acceptors (Lipinski definition) is 7. The molecule has 0 aromatic heterocycles. The number of carbonyl (C=O) groups excluding carboxylic acids is 1. The molecule has 9 nitrogen and oxygen atoms in total. The van der Waals surface area contributed by atoms with Gasteiger partial charge in [0.25, 0.3) is 5.91 Å². The Kier molecular flexibility index (Phi) is 6.18. The smallest absolute Gasteiger partial charge is 0.332 e.